The fourth-order valence-electron chi connectivity index (χ4n) is 1.80. The van der Waals surface area contributed by atoms with Crippen LogP contribution in [0.4, 0.5) is 0 Å². The lowest BCUT2D eigenvalue weighted by molar-refractivity contribution is 0.0498. The van der Waals surface area contributed by atoms with E-state index in [0.29, 0.717) is 5.15 Å². The topological polar surface area (TPSA) is 52.8 Å². The maximum absolute atomic E-state index is 5.93. The second-order valence-electron chi connectivity index (χ2n) is 3.46. The van der Waals surface area contributed by atoms with Crippen LogP contribution in [0.25, 0.3) is 11.0 Å². The molecule has 3 heterocycles. The first-order valence-electron chi connectivity index (χ1n) is 4.81. The summed E-state index contributed by atoms with van der Waals surface area (Å²) < 4.78 is 7.32. The summed E-state index contributed by atoms with van der Waals surface area (Å²) in [6, 6.07) is 0. The van der Waals surface area contributed by atoms with Gasteiger partial charge in [0.05, 0.1) is 11.6 Å². The lowest BCUT2D eigenvalue weighted by Crippen LogP contribution is -2.09. The Hall–Kier alpha value is -1.20. The molecule has 5 nitrogen and oxygen atoms in total. The summed E-state index contributed by atoms with van der Waals surface area (Å²) in [6.07, 6.45) is 5.15. The third-order valence-electron chi connectivity index (χ3n) is 2.52. The van der Waals surface area contributed by atoms with Crippen molar-refractivity contribution in [1.29, 1.82) is 0 Å². The molecule has 0 bridgehead atoms. The van der Waals surface area contributed by atoms with Gasteiger partial charge in [0.15, 0.2) is 11.9 Å². The smallest absolute Gasteiger partial charge is 0.165 e. The van der Waals surface area contributed by atoms with Crippen molar-refractivity contribution in [2.45, 2.75) is 19.1 Å². The Morgan fingerprint density at radius 1 is 1.47 bits per heavy atom. The van der Waals surface area contributed by atoms with Gasteiger partial charge in [0, 0.05) is 6.61 Å². The van der Waals surface area contributed by atoms with Gasteiger partial charge in [-0.2, -0.15) is 5.10 Å². The van der Waals surface area contributed by atoms with Gasteiger partial charge in [-0.3, -0.25) is 0 Å². The Bertz CT molecular complexity index is 492. The number of ether oxygens (including phenoxy) is 1. The normalized spacial score (nSPS) is 21.3. The van der Waals surface area contributed by atoms with Gasteiger partial charge in [-0.05, 0) is 12.8 Å². The molecule has 0 N–H and O–H groups in total. The van der Waals surface area contributed by atoms with Crippen molar-refractivity contribution in [3.8, 4) is 0 Å². The second kappa shape index (κ2) is 3.43. The molecule has 1 fully saturated rings. The van der Waals surface area contributed by atoms with Crippen LogP contribution in [0.5, 0.6) is 0 Å². The van der Waals surface area contributed by atoms with Gasteiger partial charge in [0.2, 0.25) is 0 Å². The van der Waals surface area contributed by atoms with Crippen molar-refractivity contribution >= 4 is 22.6 Å². The number of aromatic nitrogens is 4. The highest BCUT2D eigenvalue weighted by molar-refractivity contribution is 6.33. The van der Waals surface area contributed by atoms with Crippen LogP contribution in [0.2, 0.25) is 5.15 Å². The Kier molecular flexibility index (Phi) is 2.07. The number of hydrogen-bond donors (Lipinski definition) is 0. The average molecular weight is 225 g/mol. The van der Waals surface area contributed by atoms with Crippen molar-refractivity contribution in [2.75, 3.05) is 6.61 Å². The van der Waals surface area contributed by atoms with Crippen LogP contribution in [0.3, 0.4) is 0 Å². The first-order valence-corrected chi connectivity index (χ1v) is 5.19. The minimum absolute atomic E-state index is 0.00605. The van der Waals surface area contributed by atoms with Gasteiger partial charge >= 0.3 is 0 Å². The molecule has 1 aliphatic heterocycles. The largest absolute Gasteiger partial charge is 0.356 e. The van der Waals surface area contributed by atoms with Gasteiger partial charge in [0.25, 0.3) is 0 Å². The average Bonchev–Trinajstić information content (AvgIpc) is 2.85. The van der Waals surface area contributed by atoms with Crippen LogP contribution in [-0.2, 0) is 4.74 Å². The Morgan fingerprint density at radius 3 is 3.20 bits per heavy atom. The molecule has 3 rings (SSSR count). The predicted octanol–water partition coefficient (Wildman–Crippen LogP) is 1.79. The molecular formula is C9H9ClN4O. The van der Waals surface area contributed by atoms with E-state index in [1.54, 1.807) is 10.9 Å². The second-order valence-corrected chi connectivity index (χ2v) is 3.82. The zero-order chi connectivity index (χ0) is 10.3. The van der Waals surface area contributed by atoms with Gasteiger partial charge in [-0.15, -0.1) is 0 Å². The van der Waals surface area contributed by atoms with Gasteiger partial charge in [0.1, 0.15) is 11.5 Å². The highest BCUT2D eigenvalue weighted by atomic mass is 35.5. The molecule has 0 aromatic carbocycles. The van der Waals surface area contributed by atoms with E-state index in [9.17, 15) is 0 Å². The van der Waals surface area contributed by atoms with E-state index >= 15 is 0 Å². The molecule has 15 heavy (non-hydrogen) atoms. The maximum atomic E-state index is 5.93. The number of halogens is 1. The Morgan fingerprint density at radius 2 is 2.40 bits per heavy atom. The van der Waals surface area contributed by atoms with E-state index in [2.05, 4.69) is 15.1 Å². The van der Waals surface area contributed by atoms with Crippen LogP contribution < -0.4 is 0 Å². The summed E-state index contributed by atoms with van der Waals surface area (Å²) in [4.78, 5) is 8.08. The van der Waals surface area contributed by atoms with E-state index in [4.69, 9.17) is 16.3 Å². The number of nitrogens with zero attached hydrogens (tertiary/aromatic N) is 4. The standard InChI is InChI=1S/C9H9ClN4O/c10-8-6-4-13-14(7-2-1-3-15-7)9(6)12-5-11-8/h4-5,7H,1-3H2. The monoisotopic (exact) mass is 224 g/mol. The summed E-state index contributed by atoms with van der Waals surface area (Å²) >= 11 is 5.93. The third-order valence-corrected chi connectivity index (χ3v) is 2.82. The fourth-order valence-corrected chi connectivity index (χ4v) is 1.98. The summed E-state index contributed by atoms with van der Waals surface area (Å²) in [7, 11) is 0. The Balaban J connectivity index is 2.15. The lowest BCUT2D eigenvalue weighted by atomic mass is 10.3. The molecule has 0 amide bonds. The van der Waals surface area contributed by atoms with Crippen LogP contribution in [0, 0.1) is 0 Å². The van der Waals surface area contributed by atoms with Gasteiger partial charge < -0.3 is 4.74 Å². The molecule has 6 heteroatoms. The van der Waals surface area contributed by atoms with Gasteiger partial charge in [-0.1, -0.05) is 11.6 Å². The van der Waals surface area contributed by atoms with Gasteiger partial charge in [-0.25, -0.2) is 14.6 Å². The highest BCUT2D eigenvalue weighted by Crippen LogP contribution is 2.27. The predicted molar refractivity (Wildman–Crippen MR) is 54.6 cm³/mol. The molecule has 0 spiro atoms. The molecule has 2 aromatic rings. The first-order chi connectivity index (χ1) is 7.36. The molecule has 2 aromatic heterocycles. The summed E-state index contributed by atoms with van der Waals surface area (Å²) in [5.74, 6) is 0. The molecule has 0 saturated carbocycles. The molecule has 1 saturated heterocycles. The highest BCUT2D eigenvalue weighted by Gasteiger charge is 2.21. The van der Waals surface area contributed by atoms with E-state index in [-0.39, 0.29) is 6.23 Å². The number of rotatable bonds is 1. The van der Waals surface area contributed by atoms with Crippen molar-refractivity contribution in [1.82, 2.24) is 19.7 Å². The SMILES string of the molecule is Clc1ncnc2c1cnn2C1CCCO1. The van der Waals surface area contributed by atoms with E-state index in [1.807, 2.05) is 0 Å². The lowest BCUT2D eigenvalue weighted by Gasteiger charge is -2.09. The van der Waals surface area contributed by atoms with Crippen LogP contribution >= 0.6 is 11.6 Å². The first kappa shape index (κ1) is 9.06. The van der Waals surface area contributed by atoms with Crippen LogP contribution in [0.15, 0.2) is 12.5 Å². The minimum Gasteiger partial charge on any atom is -0.356 e. The van der Waals surface area contributed by atoms with E-state index in [1.165, 1.54) is 6.33 Å². The molecule has 1 aliphatic rings. The molecule has 78 valence electrons. The molecular weight excluding hydrogens is 216 g/mol. The number of hydrogen-bond acceptors (Lipinski definition) is 4. The van der Waals surface area contributed by atoms with Crippen LogP contribution in [0.1, 0.15) is 19.1 Å². The molecule has 0 radical (unpaired) electrons. The quantitative estimate of drug-likeness (QED) is 0.693. The molecule has 1 atom stereocenters. The third kappa shape index (κ3) is 1.39. The summed E-state index contributed by atoms with van der Waals surface area (Å²) in [5, 5.41) is 5.45. The summed E-state index contributed by atoms with van der Waals surface area (Å²) in [6.45, 7) is 0.783. The molecule has 0 aliphatic carbocycles. The van der Waals surface area contributed by atoms with Crippen molar-refractivity contribution in [2.24, 2.45) is 0 Å². The maximum Gasteiger partial charge on any atom is 0.165 e. The zero-order valence-corrected chi connectivity index (χ0v) is 8.68. The summed E-state index contributed by atoms with van der Waals surface area (Å²) in [5.41, 5.74) is 0.738. The van der Waals surface area contributed by atoms with E-state index in [0.717, 1.165) is 30.5 Å². The fraction of sp³-hybridized carbons (Fsp3) is 0.444. The van der Waals surface area contributed by atoms with Crippen LogP contribution in [-0.4, -0.2) is 26.4 Å². The molecule has 1 unspecified atom stereocenters. The number of fused-ring (bicyclic) bond motifs is 1. The van der Waals surface area contributed by atoms with Crippen molar-refractivity contribution in [3.63, 3.8) is 0 Å². The Labute approximate surface area is 91.0 Å². The minimum atomic E-state index is -0.00605. The zero-order valence-electron chi connectivity index (χ0n) is 7.93. The van der Waals surface area contributed by atoms with Crippen molar-refractivity contribution in [3.05, 3.63) is 17.7 Å². The van der Waals surface area contributed by atoms with Crippen molar-refractivity contribution < 1.29 is 4.74 Å². The van der Waals surface area contributed by atoms with E-state index < -0.39 is 0 Å².